The van der Waals surface area contributed by atoms with Gasteiger partial charge in [0.15, 0.2) is 0 Å². The third-order valence-electron chi connectivity index (χ3n) is 3.90. The molecule has 3 rings (SSSR count). The van der Waals surface area contributed by atoms with Gasteiger partial charge in [-0.05, 0) is 31.0 Å². The minimum Gasteiger partial charge on any atom is -0.495 e. The predicted molar refractivity (Wildman–Crippen MR) is 74.1 cm³/mol. The second-order valence-corrected chi connectivity index (χ2v) is 5.05. The number of aromatic nitrogens is 1. The van der Waals surface area contributed by atoms with E-state index in [0.29, 0.717) is 6.04 Å². The van der Waals surface area contributed by atoms with Gasteiger partial charge in [0.25, 0.3) is 0 Å². The molecule has 0 saturated carbocycles. The molecule has 1 aliphatic rings. The third kappa shape index (κ3) is 1.79. The minimum absolute atomic E-state index is 0.495. The van der Waals surface area contributed by atoms with Crippen molar-refractivity contribution < 1.29 is 4.74 Å². The lowest BCUT2D eigenvalue weighted by atomic mass is 9.97. The fourth-order valence-corrected chi connectivity index (χ4v) is 3.02. The van der Waals surface area contributed by atoms with Crippen molar-refractivity contribution in [3.05, 3.63) is 30.0 Å². The number of piperidine rings is 1. The van der Waals surface area contributed by atoms with Crippen LogP contribution in [-0.2, 0) is 7.05 Å². The molecule has 3 nitrogen and oxygen atoms in total. The molecule has 1 fully saturated rings. The highest BCUT2D eigenvalue weighted by atomic mass is 16.5. The Hall–Kier alpha value is -1.48. The highest BCUT2D eigenvalue weighted by Gasteiger charge is 2.20. The molecule has 3 heteroatoms. The first-order chi connectivity index (χ1) is 8.81. The van der Waals surface area contributed by atoms with Crippen molar-refractivity contribution in [1.82, 2.24) is 9.88 Å². The number of rotatable bonds is 2. The lowest BCUT2D eigenvalue weighted by Gasteiger charge is -2.23. The van der Waals surface area contributed by atoms with Gasteiger partial charge in [-0.2, -0.15) is 0 Å². The Bertz CT molecular complexity index is 553. The highest BCUT2D eigenvalue weighted by Crippen LogP contribution is 2.34. The fourth-order valence-electron chi connectivity index (χ4n) is 3.02. The van der Waals surface area contributed by atoms with Crippen LogP contribution >= 0.6 is 0 Å². The summed E-state index contributed by atoms with van der Waals surface area (Å²) in [5.41, 5.74) is 2.61. The number of para-hydroxylation sites is 1. The fraction of sp³-hybridized carbons (Fsp3) is 0.467. The molecule has 0 amide bonds. The Morgan fingerprint density at radius 3 is 2.94 bits per heavy atom. The smallest absolute Gasteiger partial charge is 0.143 e. The molecule has 2 aromatic rings. The van der Waals surface area contributed by atoms with Crippen LogP contribution in [0.1, 0.15) is 30.9 Å². The molecule has 1 N–H and O–H groups in total. The van der Waals surface area contributed by atoms with Crippen molar-refractivity contribution >= 4 is 10.9 Å². The molecule has 1 unspecified atom stereocenters. The summed E-state index contributed by atoms with van der Waals surface area (Å²) in [6, 6.07) is 6.80. The molecule has 0 bridgehead atoms. The number of nitrogens with one attached hydrogen (secondary N) is 1. The summed E-state index contributed by atoms with van der Waals surface area (Å²) in [7, 11) is 3.83. The summed E-state index contributed by atoms with van der Waals surface area (Å²) in [4.78, 5) is 0. The van der Waals surface area contributed by atoms with E-state index < -0.39 is 0 Å². The molecule has 1 saturated heterocycles. The van der Waals surface area contributed by atoms with E-state index >= 15 is 0 Å². The first kappa shape index (κ1) is 11.6. The van der Waals surface area contributed by atoms with Gasteiger partial charge in [-0.1, -0.05) is 18.6 Å². The lowest BCUT2D eigenvalue weighted by molar-refractivity contribution is 0.414. The molecular formula is C15H20N2O. The Kier molecular flexibility index (Phi) is 3.00. The van der Waals surface area contributed by atoms with Crippen LogP contribution in [0.2, 0.25) is 0 Å². The zero-order valence-electron chi connectivity index (χ0n) is 11.1. The maximum absolute atomic E-state index is 5.47. The zero-order chi connectivity index (χ0) is 12.5. The normalized spacial score (nSPS) is 20.2. The quantitative estimate of drug-likeness (QED) is 0.879. The molecule has 1 aromatic heterocycles. The summed E-state index contributed by atoms with van der Waals surface area (Å²) >= 11 is 0. The van der Waals surface area contributed by atoms with Crippen molar-refractivity contribution in [2.24, 2.45) is 7.05 Å². The highest BCUT2D eigenvalue weighted by molar-refractivity contribution is 5.89. The molecule has 1 atom stereocenters. The minimum atomic E-state index is 0.495. The molecule has 0 aliphatic carbocycles. The molecule has 0 spiro atoms. The molecule has 18 heavy (non-hydrogen) atoms. The van der Waals surface area contributed by atoms with Gasteiger partial charge in [0.2, 0.25) is 0 Å². The molecule has 2 heterocycles. The third-order valence-corrected chi connectivity index (χ3v) is 3.90. The number of hydrogen-bond acceptors (Lipinski definition) is 2. The average Bonchev–Trinajstić information content (AvgIpc) is 2.77. The van der Waals surface area contributed by atoms with Gasteiger partial charge in [-0.3, -0.25) is 0 Å². The van der Waals surface area contributed by atoms with E-state index in [1.165, 1.54) is 35.7 Å². The summed E-state index contributed by atoms with van der Waals surface area (Å²) in [6.07, 6.45) is 6.09. The Morgan fingerprint density at radius 2 is 2.22 bits per heavy atom. The maximum atomic E-state index is 5.47. The second-order valence-electron chi connectivity index (χ2n) is 5.05. The van der Waals surface area contributed by atoms with Crippen molar-refractivity contribution in [2.45, 2.75) is 25.3 Å². The van der Waals surface area contributed by atoms with Crippen LogP contribution in [0.3, 0.4) is 0 Å². The summed E-state index contributed by atoms with van der Waals surface area (Å²) in [5.74, 6) is 0.956. The summed E-state index contributed by atoms with van der Waals surface area (Å²) < 4.78 is 7.65. The number of fused-ring (bicyclic) bond motifs is 1. The number of nitrogens with zero attached hydrogens (tertiary/aromatic N) is 1. The van der Waals surface area contributed by atoms with Gasteiger partial charge >= 0.3 is 0 Å². The van der Waals surface area contributed by atoms with E-state index in [1.807, 2.05) is 6.07 Å². The van der Waals surface area contributed by atoms with Crippen LogP contribution in [0, 0.1) is 0 Å². The first-order valence-electron chi connectivity index (χ1n) is 6.66. The zero-order valence-corrected chi connectivity index (χ0v) is 11.1. The van der Waals surface area contributed by atoms with Crippen LogP contribution in [0.4, 0.5) is 0 Å². The molecule has 0 radical (unpaired) electrons. The summed E-state index contributed by atoms with van der Waals surface area (Å²) in [5, 5.41) is 4.94. The van der Waals surface area contributed by atoms with Crippen LogP contribution in [0.25, 0.3) is 10.9 Å². The summed E-state index contributed by atoms with van der Waals surface area (Å²) in [6.45, 7) is 1.13. The SMILES string of the molecule is COc1cccc2c(C3CCCCN3)cn(C)c12. The van der Waals surface area contributed by atoms with E-state index in [2.05, 4.69) is 35.3 Å². The topological polar surface area (TPSA) is 26.2 Å². The largest absolute Gasteiger partial charge is 0.495 e. The van der Waals surface area contributed by atoms with E-state index in [9.17, 15) is 0 Å². The van der Waals surface area contributed by atoms with E-state index in [0.717, 1.165) is 12.3 Å². The van der Waals surface area contributed by atoms with Crippen molar-refractivity contribution in [1.29, 1.82) is 0 Å². The Labute approximate surface area is 108 Å². The lowest BCUT2D eigenvalue weighted by Crippen LogP contribution is -2.26. The number of hydrogen-bond donors (Lipinski definition) is 1. The van der Waals surface area contributed by atoms with Crippen LogP contribution < -0.4 is 10.1 Å². The molecular weight excluding hydrogens is 224 g/mol. The van der Waals surface area contributed by atoms with Gasteiger partial charge in [0.05, 0.1) is 12.6 Å². The standard InChI is InChI=1S/C15H20N2O/c1-17-10-12(13-7-3-4-9-16-13)11-6-5-8-14(18-2)15(11)17/h5-6,8,10,13,16H,3-4,7,9H2,1-2H3. The van der Waals surface area contributed by atoms with Crippen molar-refractivity contribution in [3.63, 3.8) is 0 Å². The predicted octanol–water partition coefficient (Wildman–Crippen LogP) is 3.00. The molecule has 1 aromatic carbocycles. The number of benzene rings is 1. The van der Waals surface area contributed by atoms with Crippen molar-refractivity contribution in [2.75, 3.05) is 13.7 Å². The second kappa shape index (κ2) is 4.65. The average molecular weight is 244 g/mol. The number of aryl methyl sites for hydroxylation is 1. The number of methoxy groups -OCH3 is 1. The van der Waals surface area contributed by atoms with Gasteiger partial charge in [-0.15, -0.1) is 0 Å². The van der Waals surface area contributed by atoms with Gasteiger partial charge in [0, 0.05) is 24.7 Å². The molecule has 1 aliphatic heterocycles. The number of ether oxygens (including phenoxy) is 1. The van der Waals surface area contributed by atoms with Crippen LogP contribution in [0.15, 0.2) is 24.4 Å². The maximum Gasteiger partial charge on any atom is 0.143 e. The Balaban J connectivity index is 2.12. The van der Waals surface area contributed by atoms with E-state index in [-0.39, 0.29) is 0 Å². The van der Waals surface area contributed by atoms with Crippen LogP contribution in [0.5, 0.6) is 5.75 Å². The monoisotopic (exact) mass is 244 g/mol. The van der Waals surface area contributed by atoms with Crippen molar-refractivity contribution in [3.8, 4) is 5.75 Å². The van der Waals surface area contributed by atoms with Gasteiger partial charge in [-0.25, -0.2) is 0 Å². The first-order valence-corrected chi connectivity index (χ1v) is 6.66. The van der Waals surface area contributed by atoms with Gasteiger partial charge < -0.3 is 14.6 Å². The Morgan fingerprint density at radius 1 is 1.33 bits per heavy atom. The van der Waals surface area contributed by atoms with Crippen LogP contribution in [-0.4, -0.2) is 18.2 Å². The molecule has 96 valence electrons. The van der Waals surface area contributed by atoms with Gasteiger partial charge in [0.1, 0.15) is 5.75 Å². The van der Waals surface area contributed by atoms with E-state index in [1.54, 1.807) is 7.11 Å². The van der Waals surface area contributed by atoms with E-state index in [4.69, 9.17) is 4.74 Å².